The van der Waals surface area contributed by atoms with Gasteiger partial charge in [-0.05, 0) is 44.9 Å². The van der Waals surface area contributed by atoms with Gasteiger partial charge in [-0.25, -0.2) is 0 Å². The van der Waals surface area contributed by atoms with Crippen LogP contribution in [0, 0.1) is 0 Å². The molecule has 1 fully saturated rings. The van der Waals surface area contributed by atoms with Gasteiger partial charge in [0, 0.05) is 13.2 Å². The summed E-state index contributed by atoms with van der Waals surface area (Å²) >= 11 is 0. The fourth-order valence-corrected chi connectivity index (χ4v) is 2.62. The average Bonchev–Trinajstić information content (AvgIpc) is 2.56. The molecule has 0 aromatic carbocycles. The van der Waals surface area contributed by atoms with Gasteiger partial charge in [0.25, 0.3) is 0 Å². The minimum Gasteiger partial charge on any atom is -0.353 e. The van der Waals surface area contributed by atoms with Crippen molar-refractivity contribution >= 4 is 0 Å². The van der Waals surface area contributed by atoms with E-state index in [4.69, 9.17) is 9.47 Å². The topological polar surface area (TPSA) is 18.5 Å². The van der Waals surface area contributed by atoms with E-state index >= 15 is 0 Å². The fourth-order valence-electron chi connectivity index (χ4n) is 2.62. The van der Waals surface area contributed by atoms with Crippen LogP contribution < -0.4 is 0 Å². The third-order valence-electron chi connectivity index (χ3n) is 4.06. The molecule has 0 bridgehead atoms. The van der Waals surface area contributed by atoms with Gasteiger partial charge in [0.05, 0.1) is 0 Å². The molecule has 2 heteroatoms. The van der Waals surface area contributed by atoms with Crippen molar-refractivity contribution in [1.82, 2.24) is 0 Å². The number of allylic oxidation sites excluding steroid dienone is 4. The van der Waals surface area contributed by atoms with Crippen LogP contribution in [0.2, 0.25) is 0 Å². The smallest absolute Gasteiger partial charge is 0.157 e. The quantitative estimate of drug-likeness (QED) is 0.299. The molecule has 128 valence electrons. The lowest BCUT2D eigenvalue weighted by molar-refractivity contribution is -0.162. The van der Waals surface area contributed by atoms with E-state index in [2.05, 4.69) is 31.2 Å². The third kappa shape index (κ3) is 12.0. The van der Waals surface area contributed by atoms with E-state index in [1.807, 2.05) is 0 Å². The van der Waals surface area contributed by atoms with Crippen LogP contribution in [-0.2, 0) is 9.47 Å². The van der Waals surface area contributed by atoms with Crippen molar-refractivity contribution in [2.45, 2.75) is 90.3 Å². The van der Waals surface area contributed by atoms with Gasteiger partial charge >= 0.3 is 0 Å². The maximum absolute atomic E-state index is 5.74. The molecule has 1 aliphatic heterocycles. The van der Waals surface area contributed by atoms with E-state index in [-0.39, 0.29) is 6.29 Å². The first-order chi connectivity index (χ1) is 10.9. The Morgan fingerprint density at radius 2 is 1.64 bits per heavy atom. The predicted molar refractivity (Wildman–Crippen MR) is 95.1 cm³/mol. The van der Waals surface area contributed by atoms with Gasteiger partial charge < -0.3 is 9.47 Å². The van der Waals surface area contributed by atoms with Crippen LogP contribution in [0.5, 0.6) is 0 Å². The second-order valence-electron chi connectivity index (χ2n) is 6.22. The van der Waals surface area contributed by atoms with Crippen molar-refractivity contribution in [2.75, 3.05) is 13.2 Å². The minimum atomic E-state index is 0.0873. The van der Waals surface area contributed by atoms with Gasteiger partial charge in [-0.2, -0.15) is 0 Å². The maximum Gasteiger partial charge on any atom is 0.157 e. The fraction of sp³-hybridized carbons (Fsp3) is 0.800. The number of unbranched alkanes of at least 4 members (excludes halogenated alkanes) is 7. The molecular weight excluding hydrogens is 272 g/mol. The number of hydrogen-bond acceptors (Lipinski definition) is 2. The van der Waals surface area contributed by atoms with Crippen LogP contribution in [0.3, 0.4) is 0 Å². The molecule has 1 atom stereocenters. The third-order valence-corrected chi connectivity index (χ3v) is 4.06. The molecule has 0 radical (unpaired) electrons. The number of rotatable bonds is 13. The number of hydrogen-bond donors (Lipinski definition) is 0. The SMILES string of the molecule is CCCC/C=C\C=C\CCCCCCCOC1CCCCO1. The zero-order valence-corrected chi connectivity index (χ0v) is 14.6. The summed E-state index contributed by atoms with van der Waals surface area (Å²) in [5.74, 6) is 0. The predicted octanol–water partition coefficient (Wildman–Crippen LogP) is 6.17. The standard InChI is InChI=1S/C20H36O2/c1-2-3-4-5-6-7-8-9-10-11-12-13-15-18-21-20-17-14-16-19-22-20/h5-8,20H,2-4,9-19H2,1H3/b6-5-,8-7+. The Bertz CT molecular complexity index is 277. The van der Waals surface area contributed by atoms with Crippen LogP contribution in [0.25, 0.3) is 0 Å². The van der Waals surface area contributed by atoms with Crippen LogP contribution >= 0.6 is 0 Å². The van der Waals surface area contributed by atoms with E-state index in [1.54, 1.807) is 0 Å². The molecule has 22 heavy (non-hydrogen) atoms. The van der Waals surface area contributed by atoms with Crippen molar-refractivity contribution in [3.63, 3.8) is 0 Å². The molecule has 1 rings (SSSR count). The molecule has 0 aromatic rings. The lowest BCUT2D eigenvalue weighted by atomic mass is 10.1. The summed E-state index contributed by atoms with van der Waals surface area (Å²) in [6, 6.07) is 0. The highest BCUT2D eigenvalue weighted by molar-refractivity contribution is 5.02. The van der Waals surface area contributed by atoms with Gasteiger partial charge in [-0.3, -0.25) is 0 Å². The molecule has 1 heterocycles. The first-order valence-corrected chi connectivity index (χ1v) is 9.48. The van der Waals surface area contributed by atoms with E-state index in [0.717, 1.165) is 19.6 Å². The Kier molecular flexibility index (Phi) is 13.5. The molecule has 0 spiro atoms. The zero-order valence-electron chi connectivity index (χ0n) is 14.6. The summed E-state index contributed by atoms with van der Waals surface area (Å²) in [6.07, 6.45) is 24.1. The summed E-state index contributed by atoms with van der Waals surface area (Å²) in [6.45, 7) is 3.98. The summed E-state index contributed by atoms with van der Waals surface area (Å²) in [4.78, 5) is 0. The number of ether oxygens (including phenoxy) is 2. The summed E-state index contributed by atoms with van der Waals surface area (Å²) in [7, 11) is 0. The minimum absolute atomic E-state index is 0.0873. The molecule has 1 saturated heterocycles. The molecule has 0 aliphatic carbocycles. The van der Waals surface area contributed by atoms with Crippen LogP contribution in [0.1, 0.15) is 84.0 Å². The molecule has 0 N–H and O–H groups in total. The Morgan fingerprint density at radius 1 is 0.909 bits per heavy atom. The Morgan fingerprint density at radius 3 is 2.36 bits per heavy atom. The lowest BCUT2D eigenvalue weighted by Crippen LogP contribution is -2.22. The summed E-state index contributed by atoms with van der Waals surface area (Å²) in [5.41, 5.74) is 0. The largest absolute Gasteiger partial charge is 0.353 e. The molecule has 0 amide bonds. The van der Waals surface area contributed by atoms with E-state index in [1.165, 1.54) is 70.6 Å². The second-order valence-corrected chi connectivity index (χ2v) is 6.22. The van der Waals surface area contributed by atoms with Gasteiger partial charge in [0.1, 0.15) is 0 Å². The Hall–Kier alpha value is -0.600. The lowest BCUT2D eigenvalue weighted by Gasteiger charge is -2.22. The Balaban J connectivity index is 1.77. The van der Waals surface area contributed by atoms with Crippen molar-refractivity contribution in [3.05, 3.63) is 24.3 Å². The molecule has 2 nitrogen and oxygen atoms in total. The molecule has 0 aromatic heterocycles. The zero-order chi connectivity index (χ0) is 15.7. The van der Waals surface area contributed by atoms with Gasteiger partial charge in [-0.15, -0.1) is 0 Å². The highest BCUT2D eigenvalue weighted by Crippen LogP contribution is 2.14. The van der Waals surface area contributed by atoms with Crippen molar-refractivity contribution in [2.24, 2.45) is 0 Å². The molecule has 0 saturated carbocycles. The average molecular weight is 309 g/mol. The summed E-state index contributed by atoms with van der Waals surface area (Å²) in [5, 5.41) is 0. The highest BCUT2D eigenvalue weighted by atomic mass is 16.7. The Labute approximate surface area is 138 Å². The van der Waals surface area contributed by atoms with Crippen LogP contribution in [-0.4, -0.2) is 19.5 Å². The maximum atomic E-state index is 5.74. The van der Waals surface area contributed by atoms with E-state index in [0.29, 0.717) is 0 Å². The van der Waals surface area contributed by atoms with E-state index in [9.17, 15) is 0 Å². The van der Waals surface area contributed by atoms with Gasteiger partial charge in [0.2, 0.25) is 0 Å². The van der Waals surface area contributed by atoms with Gasteiger partial charge in [-0.1, -0.05) is 63.3 Å². The first kappa shape index (κ1) is 19.4. The summed E-state index contributed by atoms with van der Waals surface area (Å²) < 4.78 is 11.3. The van der Waals surface area contributed by atoms with Crippen LogP contribution in [0.4, 0.5) is 0 Å². The molecule has 1 unspecified atom stereocenters. The van der Waals surface area contributed by atoms with E-state index < -0.39 is 0 Å². The van der Waals surface area contributed by atoms with Crippen LogP contribution in [0.15, 0.2) is 24.3 Å². The van der Waals surface area contributed by atoms with Crippen molar-refractivity contribution in [1.29, 1.82) is 0 Å². The second kappa shape index (κ2) is 15.3. The van der Waals surface area contributed by atoms with Gasteiger partial charge in [0.15, 0.2) is 6.29 Å². The van der Waals surface area contributed by atoms with Crippen molar-refractivity contribution in [3.8, 4) is 0 Å². The molecule has 1 aliphatic rings. The highest BCUT2D eigenvalue weighted by Gasteiger charge is 2.13. The van der Waals surface area contributed by atoms with Crippen molar-refractivity contribution < 1.29 is 9.47 Å². The normalized spacial score (nSPS) is 19.4. The molecular formula is C20H36O2. The first-order valence-electron chi connectivity index (χ1n) is 9.48. The monoisotopic (exact) mass is 308 g/mol.